The van der Waals surface area contributed by atoms with Crippen molar-refractivity contribution in [2.75, 3.05) is 0 Å². The Morgan fingerprint density at radius 2 is 1.83 bits per heavy atom. The zero-order valence-corrected chi connectivity index (χ0v) is 12.9. The lowest BCUT2D eigenvalue weighted by molar-refractivity contribution is -0.119. The SMILES string of the molecule is N#Cc1ccc(C[C@@H](NC(=O)c2ccccc2Cl)C(N)=O)cc1. The van der Waals surface area contributed by atoms with E-state index in [-0.39, 0.29) is 12.0 Å². The van der Waals surface area contributed by atoms with Crippen LogP contribution in [-0.2, 0) is 11.2 Å². The maximum atomic E-state index is 12.2. The minimum atomic E-state index is -0.869. The standard InChI is InChI=1S/C17H14ClN3O2/c18-14-4-2-1-3-13(14)17(23)21-15(16(20)22)9-11-5-7-12(10-19)8-6-11/h1-8,15H,9H2,(H2,20,22)(H,21,23)/t15-/m1/s1. The van der Waals surface area contributed by atoms with Crippen LogP contribution in [0.15, 0.2) is 48.5 Å². The minimum absolute atomic E-state index is 0.233. The quantitative estimate of drug-likeness (QED) is 0.879. The van der Waals surface area contributed by atoms with Crippen LogP contribution in [0.4, 0.5) is 0 Å². The number of carbonyl (C=O) groups excluding carboxylic acids is 2. The zero-order valence-electron chi connectivity index (χ0n) is 12.1. The molecule has 2 aromatic carbocycles. The molecule has 3 N–H and O–H groups in total. The summed E-state index contributed by atoms with van der Waals surface area (Å²) in [7, 11) is 0. The molecule has 0 heterocycles. The molecule has 1 atom stereocenters. The van der Waals surface area contributed by atoms with E-state index in [1.807, 2.05) is 6.07 Å². The van der Waals surface area contributed by atoms with Crippen LogP contribution in [-0.4, -0.2) is 17.9 Å². The Labute approximate surface area is 138 Å². The maximum absolute atomic E-state index is 12.2. The Morgan fingerprint density at radius 3 is 2.39 bits per heavy atom. The second-order valence-electron chi connectivity index (χ2n) is 4.92. The van der Waals surface area contributed by atoms with Gasteiger partial charge in [0.1, 0.15) is 6.04 Å². The Balaban J connectivity index is 2.12. The summed E-state index contributed by atoms with van der Waals surface area (Å²) in [5, 5.41) is 11.7. The van der Waals surface area contributed by atoms with Gasteiger partial charge in [-0.3, -0.25) is 9.59 Å². The number of nitrogens with one attached hydrogen (secondary N) is 1. The Morgan fingerprint density at radius 1 is 1.17 bits per heavy atom. The summed E-state index contributed by atoms with van der Waals surface area (Å²) in [5.41, 5.74) is 6.95. The van der Waals surface area contributed by atoms with Crippen molar-refractivity contribution in [1.29, 1.82) is 5.26 Å². The monoisotopic (exact) mass is 327 g/mol. The highest BCUT2D eigenvalue weighted by Gasteiger charge is 2.20. The summed E-state index contributed by atoms with van der Waals surface area (Å²) in [6.45, 7) is 0. The number of rotatable bonds is 5. The number of nitriles is 1. The normalized spacial score (nSPS) is 11.3. The molecule has 0 aliphatic rings. The first-order valence-electron chi connectivity index (χ1n) is 6.85. The van der Waals surface area contributed by atoms with E-state index in [1.54, 1.807) is 48.5 Å². The summed E-state index contributed by atoms with van der Waals surface area (Å²) >= 11 is 5.97. The maximum Gasteiger partial charge on any atom is 0.253 e. The van der Waals surface area contributed by atoms with Gasteiger partial charge in [0.05, 0.1) is 22.2 Å². The first-order valence-corrected chi connectivity index (χ1v) is 7.23. The molecule has 5 nitrogen and oxygen atoms in total. The van der Waals surface area contributed by atoms with Gasteiger partial charge in [0.2, 0.25) is 5.91 Å². The second kappa shape index (κ2) is 7.43. The van der Waals surface area contributed by atoms with Gasteiger partial charge in [-0.05, 0) is 29.8 Å². The summed E-state index contributed by atoms with van der Waals surface area (Å²) in [6.07, 6.45) is 0.233. The fourth-order valence-corrected chi connectivity index (χ4v) is 2.28. The largest absolute Gasteiger partial charge is 0.368 e. The number of primary amides is 1. The molecule has 0 unspecified atom stereocenters. The van der Waals surface area contributed by atoms with E-state index >= 15 is 0 Å². The number of halogens is 1. The molecule has 116 valence electrons. The molecule has 2 rings (SSSR count). The van der Waals surface area contributed by atoms with E-state index < -0.39 is 17.9 Å². The zero-order chi connectivity index (χ0) is 16.8. The van der Waals surface area contributed by atoms with E-state index in [9.17, 15) is 9.59 Å². The lowest BCUT2D eigenvalue weighted by Crippen LogP contribution is -2.45. The summed E-state index contributed by atoms with van der Waals surface area (Å²) in [5.74, 6) is -1.11. The molecule has 0 spiro atoms. The van der Waals surface area contributed by atoms with Crippen molar-refractivity contribution in [1.82, 2.24) is 5.32 Å². The predicted octanol–water partition coefficient (Wildman–Crippen LogP) is 2.04. The molecule has 2 amide bonds. The van der Waals surface area contributed by atoms with Gasteiger partial charge in [-0.1, -0.05) is 35.9 Å². The fraction of sp³-hybridized carbons (Fsp3) is 0.118. The highest BCUT2D eigenvalue weighted by molar-refractivity contribution is 6.33. The fourth-order valence-electron chi connectivity index (χ4n) is 2.06. The molecule has 0 aromatic heterocycles. The molecular weight excluding hydrogens is 314 g/mol. The third kappa shape index (κ3) is 4.31. The van der Waals surface area contributed by atoms with Crippen molar-refractivity contribution in [2.24, 2.45) is 5.73 Å². The number of benzene rings is 2. The Bertz CT molecular complexity index is 766. The average molecular weight is 328 g/mol. The van der Waals surface area contributed by atoms with Gasteiger partial charge in [0.25, 0.3) is 5.91 Å². The average Bonchev–Trinajstić information content (AvgIpc) is 2.55. The topological polar surface area (TPSA) is 96.0 Å². The van der Waals surface area contributed by atoms with Crippen LogP contribution in [0.1, 0.15) is 21.5 Å². The number of hydrogen-bond acceptors (Lipinski definition) is 3. The molecule has 6 heteroatoms. The number of carbonyl (C=O) groups is 2. The lowest BCUT2D eigenvalue weighted by atomic mass is 10.0. The van der Waals surface area contributed by atoms with Gasteiger partial charge in [0, 0.05) is 6.42 Å². The van der Waals surface area contributed by atoms with Crippen molar-refractivity contribution >= 4 is 23.4 Å². The van der Waals surface area contributed by atoms with Crippen molar-refractivity contribution < 1.29 is 9.59 Å². The molecule has 0 saturated carbocycles. The molecule has 0 saturated heterocycles. The van der Waals surface area contributed by atoms with Gasteiger partial charge < -0.3 is 11.1 Å². The second-order valence-corrected chi connectivity index (χ2v) is 5.33. The number of nitrogens with zero attached hydrogens (tertiary/aromatic N) is 1. The van der Waals surface area contributed by atoms with Crippen molar-refractivity contribution in [3.8, 4) is 6.07 Å². The summed E-state index contributed by atoms with van der Waals surface area (Å²) < 4.78 is 0. The van der Waals surface area contributed by atoms with Crippen molar-refractivity contribution in [3.63, 3.8) is 0 Å². The van der Waals surface area contributed by atoms with Crippen LogP contribution in [0.25, 0.3) is 0 Å². The molecule has 0 aliphatic carbocycles. The molecule has 0 bridgehead atoms. The Hall–Kier alpha value is -2.84. The highest BCUT2D eigenvalue weighted by atomic mass is 35.5. The van der Waals surface area contributed by atoms with Crippen molar-refractivity contribution in [2.45, 2.75) is 12.5 Å². The van der Waals surface area contributed by atoms with Crippen LogP contribution in [0.3, 0.4) is 0 Å². The molecule has 0 aliphatic heterocycles. The van der Waals surface area contributed by atoms with Gasteiger partial charge in [-0.25, -0.2) is 0 Å². The van der Waals surface area contributed by atoms with E-state index in [4.69, 9.17) is 22.6 Å². The molecule has 2 aromatic rings. The number of amides is 2. The molecule has 0 fully saturated rings. The third-order valence-electron chi connectivity index (χ3n) is 3.29. The highest BCUT2D eigenvalue weighted by Crippen LogP contribution is 2.15. The molecule has 0 radical (unpaired) electrons. The molecular formula is C17H14ClN3O2. The van der Waals surface area contributed by atoms with E-state index in [1.165, 1.54) is 0 Å². The van der Waals surface area contributed by atoms with Gasteiger partial charge in [-0.2, -0.15) is 5.26 Å². The third-order valence-corrected chi connectivity index (χ3v) is 3.62. The van der Waals surface area contributed by atoms with Gasteiger partial charge in [-0.15, -0.1) is 0 Å². The van der Waals surface area contributed by atoms with Crippen LogP contribution < -0.4 is 11.1 Å². The van der Waals surface area contributed by atoms with Crippen LogP contribution >= 0.6 is 11.6 Å². The summed E-state index contributed by atoms with van der Waals surface area (Å²) in [6, 6.07) is 14.4. The smallest absolute Gasteiger partial charge is 0.253 e. The lowest BCUT2D eigenvalue weighted by Gasteiger charge is -2.16. The number of nitrogens with two attached hydrogens (primary N) is 1. The van der Waals surface area contributed by atoms with E-state index in [0.717, 1.165) is 5.56 Å². The van der Waals surface area contributed by atoms with Crippen molar-refractivity contribution in [3.05, 3.63) is 70.2 Å². The van der Waals surface area contributed by atoms with Crippen LogP contribution in [0, 0.1) is 11.3 Å². The first kappa shape index (κ1) is 16.5. The number of hydrogen-bond donors (Lipinski definition) is 2. The van der Waals surface area contributed by atoms with E-state index in [0.29, 0.717) is 10.6 Å². The van der Waals surface area contributed by atoms with Crippen LogP contribution in [0.2, 0.25) is 5.02 Å². The Kier molecular flexibility index (Phi) is 5.34. The first-order chi connectivity index (χ1) is 11.0. The van der Waals surface area contributed by atoms with Gasteiger partial charge >= 0.3 is 0 Å². The predicted molar refractivity (Wildman–Crippen MR) is 86.8 cm³/mol. The van der Waals surface area contributed by atoms with Gasteiger partial charge in [0.15, 0.2) is 0 Å². The van der Waals surface area contributed by atoms with E-state index in [2.05, 4.69) is 5.32 Å². The van der Waals surface area contributed by atoms with Crippen LogP contribution in [0.5, 0.6) is 0 Å². The minimum Gasteiger partial charge on any atom is -0.368 e. The summed E-state index contributed by atoms with van der Waals surface area (Å²) in [4.78, 5) is 23.8. The molecule has 23 heavy (non-hydrogen) atoms.